The van der Waals surface area contributed by atoms with Gasteiger partial charge in [-0.2, -0.15) is 18.4 Å². The Morgan fingerprint density at radius 3 is 2.23 bits per heavy atom. The van der Waals surface area contributed by atoms with Gasteiger partial charge in [0.25, 0.3) is 5.91 Å². The summed E-state index contributed by atoms with van der Waals surface area (Å²) in [5.41, 5.74) is -1.77. The van der Waals surface area contributed by atoms with E-state index in [4.69, 9.17) is 5.26 Å². The number of nitrogens with one attached hydrogen (secondary N) is 1. The van der Waals surface area contributed by atoms with Crippen molar-refractivity contribution in [1.29, 1.82) is 5.26 Å². The molecule has 0 atom stereocenters. The number of sulfone groups is 1. The van der Waals surface area contributed by atoms with Gasteiger partial charge in [-0.3, -0.25) is 4.79 Å². The summed E-state index contributed by atoms with van der Waals surface area (Å²) in [5, 5.41) is 12.2. The summed E-state index contributed by atoms with van der Waals surface area (Å²) in [6, 6.07) is 16.4. The molecule has 3 aromatic rings. The van der Waals surface area contributed by atoms with Crippen LogP contribution in [0.2, 0.25) is 0 Å². The summed E-state index contributed by atoms with van der Waals surface area (Å²) < 4.78 is 64.1. The molecule has 0 aromatic heterocycles. The van der Waals surface area contributed by atoms with Crippen LogP contribution in [0.15, 0.2) is 71.6 Å². The number of para-hydroxylation sites is 1. The lowest BCUT2D eigenvalue weighted by atomic mass is 10.0. The molecule has 0 spiro atoms. The van der Waals surface area contributed by atoms with Crippen LogP contribution >= 0.6 is 0 Å². The summed E-state index contributed by atoms with van der Waals surface area (Å²) in [6.45, 7) is 2.95. The highest BCUT2D eigenvalue weighted by Crippen LogP contribution is 2.38. The third kappa shape index (κ3) is 5.31. The van der Waals surface area contributed by atoms with Crippen LogP contribution in [0.5, 0.6) is 0 Å². The number of imide groups is 1. The number of anilines is 3. The zero-order valence-electron chi connectivity index (χ0n) is 21.1. The maximum Gasteiger partial charge on any atom is 0.417 e. The Morgan fingerprint density at radius 1 is 1.00 bits per heavy atom. The van der Waals surface area contributed by atoms with E-state index in [1.165, 1.54) is 36.9 Å². The van der Waals surface area contributed by atoms with Gasteiger partial charge in [0, 0.05) is 17.6 Å². The van der Waals surface area contributed by atoms with Crippen molar-refractivity contribution in [3.05, 3.63) is 83.4 Å². The number of amides is 3. The normalized spacial score (nSPS) is 15.4. The first-order valence-electron chi connectivity index (χ1n) is 11.6. The minimum absolute atomic E-state index is 0.0545. The number of carbonyl (C=O) groups is 2. The molecule has 8 nitrogen and oxygen atoms in total. The van der Waals surface area contributed by atoms with E-state index < -0.39 is 44.6 Å². The number of hydrogen-bond acceptors (Lipinski definition) is 6. The summed E-state index contributed by atoms with van der Waals surface area (Å²) in [6.07, 6.45) is -3.75. The Morgan fingerprint density at radius 2 is 1.64 bits per heavy atom. The van der Waals surface area contributed by atoms with Gasteiger partial charge >= 0.3 is 12.2 Å². The molecule has 39 heavy (non-hydrogen) atoms. The molecular weight excluding hydrogens is 533 g/mol. The Kier molecular flexibility index (Phi) is 6.91. The third-order valence-corrected chi connectivity index (χ3v) is 7.55. The first-order chi connectivity index (χ1) is 18.1. The zero-order chi connectivity index (χ0) is 28.8. The molecule has 0 saturated carbocycles. The van der Waals surface area contributed by atoms with Crippen molar-refractivity contribution in [3.8, 4) is 6.07 Å². The smallest absolute Gasteiger partial charge is 0.355 e. The number of nitrogens with zero attached hydrogens (tertiary/aromatic N) is 3. The van der Waals surface area contributed by atoms with Gasteiger partial charge in [-0.15, -0.1) is 0 Å². The molecule has 0 unspecified atom stereocenters. The van der Waals surface area contributed by atoms with Gasteiger partial charge in [-0.25, -0.2) is 18.1 Å². The van der Waals surface area contributed by atoms with Crippen molar-refractivity contribution < 1.29 is 31.2 Å². The number of rotatable bonds is 6. The highest BCUT2D eigenvalue weighted by molar-refractivity contribution is 7.90. The van der Waals surface area contributed by atoms with E-state index in [-0.39, 0.29) is 17.1 Å². The zero-order valence-corrected chi connectivity index (χ0v) is 21.9. The molecule has 1 aliphatic rings. The number of alkyl halides is 3. The molecule has 1 saturated heterocycles. The predicted molar refractivity (Wildman–Crippen MR) is 138 cm³/mol. The van der Waals surface area contributed by atoms with Gasteiger partial charge in [0.15, 0.2) is 9.84 Å². The van der Waals surface area contributed by atoms with Crippen LogP contribution in [0.4, 0.5) is 35.0 Å². The third-order valence-electron chi connectivity index (χ3n) is 6.42. The van der Waals surface area contributed by atoms with Crippen LogP contribution < -0.4 is 10.2 Å². The lowest BCUT2D eigenvalue weighted by Crippen LogP contribution is -2.43. The second-order valence-corrected chi connectivity index (χ2v) is 11.5. The second-order valence-electron chi connectivity index (χ2n) is 9.49. The molecule has 3 aromatic carbocycles. The topological polar surface area (TPSA) is 111 Å². The fourth-order valence-electron chi connectivity index (χ4n) is 4.22. The van der Waals surface area contributed by atoms with Gasteiger partial charge < -0.3 is 10.2 Å². The highest BCUT2D eigenvalue weighted by atomic mass is 32.2. The predicted octanol–water partition coefficient (Wildman–Crippen LogP) is 5.47. The highest BCUT2D eigenvalue weighted by Gasteiger charge is 2.52. The standard InChI is InChI=1S/C27H23F3N4O4S/c1-26(2)24(35)34(20-11-8-17(15-31)22(14-20)27(28,29)30)25(36)33(26)16-18-6-4-5-7-23(18)32-19-9-12-21(13-10-19)39(3,37)38/h4-14,32H,16H2,1-3H3. The Hall–Kier alpha value is -4.37. The van der Waals surface area contributed by atoms with E-state index in [0.717, 1.165) is 18.4 Å². The summed E-state index contributed by atoms with van der Waals surface area (Å²) >= 11 is 0. The van der Waals surface area contributed by atoms with E-state index >= 15 is 0 Å². The lowest BCUT2D eigenvalue weighted by Gasteiger charge is -2.28. The van der Waals surface area contributed by atoms with Crippen molar-refractivity contribution in [2.24, 2.45) is 0 Å². The molecule has 12 heteroatoms. The maximum absolute atomic E-state index is 13.5. The van der Waals surface area contributed by atoms with Gasteiger partial charge in [0.1, 0.15) is 5.54 Å². The van der Waals surface area contributed by atoms with Crippen molar-refractivity contribution in [1.82, 2.24) is 4.90 Å². The van der Waals surface area contributed by atoms with E-state index in [0.29, 0.717) is 27.9 Å². The monoisotopic (exact) mass is 556 g/mol. The van der Waals surface area contributed by atoms with E-state index in [1.807, 2.05) is 0 Å². The molecule has 3 amide bonds. The Labute approximate surface area is 223 Å². The number of hydrogen-bond donors (Lipinski definition) is 1. The number of benzene rings is 3. The fourth-order valence-corrected chi connectivity index (χ4v) is 4.85. The molecule has 4 rings (SSSR count). The molecule has 202 valence electrons. The minimum Gasteiger partial charge on any atom is -0.355 e. The van der Waals surface area contributed by atoms with Crippen LogP contribution in [0.3, 0.4) is 0 Å². The molecule has 0 aliphatic carbocycles. The molecule has 1 fully saturated rings. The first-order valence-corrected chi connectivity index (χ1v) is 13.5. The summed E-state index contributed by atoms with van der Waals surface area (Å²) in [7, 11) is -3.37. The minimum atomic E-state index is -4.85. The fraction of sp³-hybridized carbons (Fsp3) is 0.222. The molecule has 0 bridgehead atoms. The molecular formula is C27H23F3N4O4S. The molecule has 0 radical (unpaired) electrons. The number of nitriles is 1. The van der Waals surface area contributed by atoms with Gasteiger partial charge in [-0.05, 0) is 67.9 Å². The van der Waals surface area contributed by atoms with Crippen LogP contribution in [-0.4, -0.2) is 37.1 Å². The Bertz CT molecular complexity index is 1610. The molecule has 1 heterocycles. The van der Waals surface area contributed by atoms with Crippen molar-refractivity contribution in [3.63, 3.8) is 0 Å². The van der Waals surface area contributed by atoms with Crippen molar-refractivity contribution in [2.75, 3.05) is 16.5 Å². The molecule has 1 N–H and O–H groups in total. The van der Waals surface area contributed by atoms with Crippen LogP contribution in [0, 0.1) is 11.3 Å². The average Bonchev–Trinajstić information content (AvgIpc) is 3.03. The number of carbonyl (C=O) groups excluding carboxylic acids is 2. The van der Waals surface area contributed by atoms with Gasteiger partial charge in [0.05, 0.1) is 34.3 Å². The maximum atomic E-state index is 13.5. The molecule has 1 aliphatic heterocycles. The largest absolute Gasteiger partial charge is 0.417 e. The number of urea groups is 1. The quantitative estimate of drug-likeness (QED) is 0.403. The summed E-state index contributed by atoms with van der Waals surface area (Å²) in [5.74, 6) is -0.716. The summed E-state index contributed by atoms with van der Waals surface area (Å²) in [4.78, 5) is 28.9. The second kappa shape index (κ2) is 9.74. The SMILES string of the molecule is CC1(C)C(=O)N(c2ccc(C#N)c(C(F)(F)F)c2)C(=O)N1Cc1ccccc1Nc1ccc(S(C)(=O)=O)cc1. The van der Waals surface area contributed by atoms with Gasteiger partial charge in [-0.1, -0.05) is 18.2 Å². The first kappa shape index (κ1) is 27.7. The number of halogens is 3. The average molecular weight is 557 g/mol. The van der Waals surface area contributed by atoms with Crippen LogP contribution in [0.25, 0.3) is 0 Å². The van der Waals surface area contributed by atoms with E-state index in [2.05, 4.69) is 5.32 Å². The van der Waals surface area contributed by atoms with E-state index in [9.17, 15) is 31.2 Å². The van der Waals surface area contributed by atoms with Crippen LogP contribution in [0.1, 0.15) is 30.5 Å². The van der Waals surface area contributed by atoms with Crippen molar-refractivity contribution in [2.45, 2.75) is 37.0 Å². The van der Waals surface area contributed by atoms with Crippen molar-refractivity contribution >= 4 is 38.8 Å². The van der Waals surface area contributed by atoms with Gasteiger partial charge in [0.2, 0.25) is 0 Å². The lowest BCUT2D eigenvalue weighted by molar-refractivity contribution is -0.137. The Balaban J connectivity index is 1.65. The van der Waals surface area contributed by atoms with E-state index in [1.54, 1.807) is 36.4 Å². The van der Waals surface area contributed by atoms with Crippen LogP contribution in [-0.2, 0) is 27.4 Å².